The first-order valence-corrected chi connectivity index (χ1v) is 8.29. The highest BCUT2D eigenvalue weighted by Gasteiger charge is 2.19. The average Bonchev–Trinajstić information content (AvgIpc) is 2.85. The molecule has 0 saturated heterocycles. The molecular formula is C17H19ClN2O6. The van der Waals surface area contributed by atoms with Crippen LogP contribution in [-0.2, 0) is 14.3 Å². The number of amides is 3. The van der Waals surface area contributed by atoms with Crippen molar-refractivity contribution >= 4 is 35.6 Å². The molecule has 1 aromatic rings. The monoisotopic (exact) mass is 382 g/mol. The van der Waals surface area contributed by atoms with Crippen molar-refractivity contribution in [1.29, 1.82) is 0 Å². The van der Waals surface area contributed by atoms with Crippen LogP contribution in [0.2, 0.25) is 5.02 Å². The van der Waals surface area contributed by atoms with Crippen LogP contribution in [0.25, 0.3) is 6.08 Å². The van der Waals surface area contributed by atoms with E-state index in [1.54, 1.807) is 12.1 Å². The molecule has 0 bridgehead atoms. The van der Waals surface area contributed by atoms with E-state index in [0.29, 0.717) is 35.3 Å². The molecule has 26 heavy (non-hydrogen) atoms. The van der Waals surface area contributed by atoms with Crippen LogP contribution in [-0.4, -0.2) is 44.3 Å². The summed E-state index contributed by atoms with van der Waals surface area (Å²) in [6, 6.07) is 2.63. The summed E-state index contributed by atoms with van der Waals surface area (Å²) < 4.78 is 16.0. The molecule has 0 aromatic heterocycles. The van der Waals surface area contributed by atoms with Crippen molar-refractivity contribution in [2.75, 3.05) is 20.3 Å². The third-order valence-corrected chi connectivity index (χ3v) is 3.64. The van der Waals surface area contributed by atoms with Gasteiger partial charge in [0, 0.05) is 19.5 Å². The highest BCUT2D eigenvalue weighted by molar-refractivity contribution is 6.32. The molecule has 0 saturated carbocycles. The van der Waals surface area contributed by atoms with Crippen LogP contribution in [0.5, 0.6) is 11.5 Å². The summed E-state index contributed by atoms with van der Waals surface area (Å²) in [6.45, 7) is 2.38. The minimum Gasteiger partial charge on any atom is -0.489 e. The third kappa shape index (κ3) is 5.38. The number of hydrogen-bond acceptors (Lipinski definition) is 6. The van der Waals surface area contributed by atoms with Crippen molar-refractivity contribution in [2.24, 2.45) is 0 Å². The quantitative estimate of drug-likeness (QED) is 0.609. The molecule has 9 heteroatoms. The fourth-order valence-corrected chi connectivity index (χ4v) is 2.33. The summed E-state index contributed by atoms with van der Waals surface area (Å²) in [4.78, 5) is 34.5. The first-order chi connectivity index (χ1) is 12.4. The van der Waals surface area contributed by atoms with E-state index in [1.807, 2.05) is 5.32 Å². The topological polar surface area (TPSA) is 103 Å². The molecule has 0 aliphatic carbocycles. The van der Waals surface area contributed by atoms with Gasteiger partial charge in [-0.3, -0.25) is 10.1 Å². The van der Waals surface area contributed by atoms with Crippen LogP contribution in [0.3, 0.4) is 0 Å². The lowest BCUT2D eigenvalue weighted by Crippen LogP contribution is -2.43. The molecule has 1 aliphatic heterocycles. The molecule has 1 atom stereocenters. The molecule has 0 spiro atoms. The van der Waals surface area contributed by atoms with Gasteiger partial charge in [0.1, 0.15) is 0 Å². The number of benzene rings is 1. The van der Waals surface area contributed by atoms with Crippen molar-refractivity contribution in [3.8, 4) is 11.5 Å². The Kier molecular flexibility index (Phi) is 6.85. The number of ether oxygens (including phenoxy) is 3. The van der Waals surface area contributed by atoms with Gasteiger partial charge >= 0.3 is 12.0 Å². The number of esters is 1. The van der Waals surface area contributed by atoms with Crippen molar-refractivity contribution in [3.05, 3.63) is 28.8 Å². The maximum absolute atomic E-state index is 11.8. The van der Waals surface area contributed by atoms with Crippen LogP contribution in [0.1, 0.15) is 18.9 Å². The number of nitrogens with one attached hydrogen (secondary N) is 2. The zero-order valence-electron chi connectivity index (χ0n) is 14.3. The Morgan fingerprint density at radius 1 is 1.27 bits per heavy atom. The number of halogens is 1. The molecule has 1 heterocycles. The van der Waals surface area contributed by atoms with Crippen molar-refractivity contribution in [3.63, 3.8) is 0 Å². The van der Waals surface area contributed by atoms with Crippen LogP contribution >= 0.6 is 11.6 Å². The van der Waals surface area contributed by atoms with E-state index in [1.165, 1.54) is 20.0 Å². The second kappa shape index (κ2) is 9.10. The molecular weight excluding hydrogens is 364 g/mol. The number of hydrogen-bond donors (Lipinski definition) is 2. The predicted molar refractivity (Wildman–Crippen MR) is 94.2 cm³/mol. The van der Waals surface area contributed by atoms with Gasteiger partial charge in [-0.2, -0.15) is 0 Å². The van der Waals surface area contributed by atoms with Crippen LogP contribution in [0.15, 0.2) is 18.2 Å². The Balaban J connectivity index is 1.99. The summed E-state index contributed by atoms with van der Waals surface area (Å²) in [5.41, 5.74) is 0.610. The molecule has 2 rings (SSSR count). The minimum atomic E-state index is -1.13. The lowest BCUT2D eigenvalue weighted by atomic mass is 10.2. The van der Waals surface area contributed by atoms with Gasteiger partial charge < -0.3 is 19.5 Å². The first-order valence-electron chi connectivity index (χ1n) is 7.91. The first kappa shape index (κ1) is 19.6. The summed E-state index contributed by atoms with van der Waals surface area (Å²) in [7, 11) is 1.36. The Morgan fingerprint density at radius 2 is 2.00 bits per heavy atom. The average molecular weight is 383 g/mol. The summed E-state index contributed by atoms with van der Waals surface area (Å²) in [6.07, 6.45) is 2.25. The second-order valence-corrected chi connectivity index (χ2v) is 5.77. The Bertz CT molecular complexity index is 734. The van der Waals surface area contributed by atoms with Crippen molar-refractivity contribution < 1.29 is 28.6 Å². The van der Waals surface area contributed by atoms with E-state index >= 15 is 0 Å². The molecule has 3 amide bonds. The van der Waals surface area contributed by atoms with Crippen LogP contribution < -0.4 is 20.1 Å². The lowest BCUT2D eigenvalue weighted by Gasteiger charge is -2.11. The van der Waals surface area contributed by atoms with Crippen LogP contribution in [0.4, 0.5) is 4.79 Å². The zero-order valence-corrected chi connectivity index (χ0v) is 15.1. The van der Waals surface area contributed by atoms with Gasteiger partial charge in [-0.05, 0) is 30.7 Å². The molecule has 8 nitrogen and oxygen atoms in total. The Labute approximate surface area is 155 Å². The van der Waals surface area contributed by atoms with E-state index in [-0.39, 0.29) is 0 Å². The fraction of sp³-hybridized carbons (Fsp3) is 0.353. The molecule has 2 N–H and O–H groups in total. The zero-order chi connectivity index (χ0) is 19.1. The van der Waals surface area contributed by atoms with E-state index in [0.717, 1.165) is 12.5 Å². The summed E-state index contributed by atoms with van der Waals surface area (Å²) in [5, 5.41) is 4.61. The van der Waals surface area contributed by atoms with E-state index in [9.17, 15) is 14.4 Å². The summed E-state index contributed by atoms with van der Waals surface area (Å²) in [5.74, 6) is -0.498. The normalized spacial score (nSPS) is 14.3. The molecule has 1 aromatic carbocycles. The largest absolute Gasteiger partial charge is 0.489 e. The van der Waals surface area contributed by atoms with E-state index in [4.69, 9.17) is 25.8 Å². The van der Waals surface area contributed by atoms with Gasteiger partial charge in [-0.25, -0.2) is 9.59 Å². The Morgan fingerprint density at radius 3 is 2.73 bits per heavy atom. The van der Waals surface area contributed by atoms with Gasteiger partial charge in [-0.15, -0.1) is 0 Å². The van der Waals surface area contributed by atoms with E-state index < -0.39 is 24.0 Å². The molecule has 140 valence electrons. The maximum Gasteiger partial charge on any atom is 0.331 e. The van der Waals surface area contributed by atoms with Gasteiger partial charge in [-0.1, -0.05) is 11.6 Å². The van der Waals surface area contributed by atoms with E-state index in [2.05, 4.69) is 5.32 Å². The number of imide groups is 1. The number of fused-ring (bicyclic) bond motifs is 1. The lowest BCUT2D eigenvalue weighted by molar-refractivity contribution is -0.149. The number of urea groups is 1. The van der Waals surface area contributed by atoms with Gasteiger partial charge in [0.05, 0.1) is 18.2 Å². The third-order valence-electron chi connectivity index (χ3n) is 3.36. The second-order valence-electron chi connectivity index (χ2n) is 5.36. The van der Waals surface area contributed by atoms with Crippen molar-refractivity contribution in [1.82, 2.24) is 10.6 Å². The van der Waals surface area contributed by atoms with Gasteiger partial charge in [0.2, 0.25) is 0 Å². The molecule has 0 radical (unpaired) electrons. The SMILES string of the molecule is CNC(=O)NC(=O)[C@@H](C)OC(=O)/C=C/c1cc(Cl)c2c(c1)OCCCO2. The smallest absolute Gasteiger partial charge is 0.331 e. The van der Waals surface area contributed by atoms with Gasteiger partial charge in [0.25, 0.3) is 5.91 Å². The number of carbonyl (C=O) groups is 3. The maximum atomic E-state index is 11.8. The molecule has 0 fully saturated rings. The minimum absolute atomic E-state index is 0.371. The summed E-state index contributed by atoms with van der Waals surface area (Å²) >= 11 is 6.18. The predicted octanol–water partition coefficient (Wildman–Crippen LogP) is 1.90. The molecule has 0 unspecified atom stereocenters. The highest BCUT2D eigenvalue weighted by Crippen LogP contribution is 2.38. The van der Waals surface area contributed by atoms with Gasteiger partial charge in [0.15, 0.2) is 17.6 Å². The standard InChI is InChI=1S/C17H19ClN2O6/c1-10(16(22)20-17(23)19-2)26-14(21)5-4-11-8-12(18)15-13(9-11)24-6-3-7-25-15/h4-5,8-10H,3,6-7H2,1-2H3,(H2,19,20,22,23)/b5-4+/t10-/m1/s1. The van der Waals surface area contributed by atoms with Crippen LogP contribution in [0, 0.1) is 0 Å². The van der Waals surface area contributed by atoms with Crippen molar-refractivity contribution in [2.45, 2.75) is 19.4 Å². The molecule has 1 aliphatic rings. The Hall–Kier alpha value is -2.74. The number of rotatable bonds is 4. The number of carbonyl (C=O) groups excluding carboxylic acids is 3. The highest BCUT2D eigenvalue weighted by atomic mass is 35.5. The fourth-order valence-electron chi connectivity index (χ4n) is 2.05.